The van der Waals surface area contributed by atoms with Crippen LogP contribution in [0.5, 0.6) is 0 Å². The molecule has 4 rings (SSSR count). The summed E-state index contributed by atoms with van der Waals surface area (Å²) in [6.07, 6.45) is 8.26. The van der Waals surface area contributed by atoms with Gasteiger partial charge in [0, 0.05) is 13.1 Å². The van der Waals surface area contributed by atoms with Crippen molar-refractivity contribution in [2.75, 3.05) is 19.6 Å². The summed E-state index contributed by atoms with van der Waals surface area (Å²) in [4.78, 5) is 2.68. The van der Waals surface area contributed by atoms with Crippen LogP contribution in [-0.2, 0) is 0 Å². The van der Waals surface area contributed by atoms with Gasteiger partial charge in [-0.05, 0) is 54.3 Å². The largest absolute Gasteiger partial charge is 0.299 e. The van der Waals surface area contributed by atoms with Crippen molar-refractivity contribution in [3.8, 4) is 0 Å². The Morgan fingerprint density at radius 3 is 2.08 bits per heavy atom. The molecule has 0 amide bonds. The van der Waals surface area contributed by atoms with E-state index in [1.165, 1.54) is 55.5 Å². The number of hydrogen-bond acceptors (Lipinski definition) is 1. The number of benzene rings is 2. The highest BCUT2D eigenvalue weighted by molar-refractivity contribution is 5.85. The fraction of sp³-hybridized carbons (Fsp3) is 0.391. The van der Waals surface area contributed by atoms with Gasteiger partial charge in [-0.3, -0.25) is 4.90 Å². The van der Waals surface area contributed by atoms with Crippen molar-refractivity contribution in [1.29, 1.82) is 0 Å². The van der Waals surface area contributed by atoms with Crippen LogP contribution in [0.15, 0.2) is 66.7 Å². The molecule has 2 aromatic carbocycles. The van der Waals surface area contributed by atoms with Crippen molar-refractivity contribution in [2.24, 2.45) is 11.8 Å². The highest BCUT2D eigenvalue weighted by Gasteiger charge is 2.29. The Morgan fingerprint density at radius 1 is 0.840 bits per heavy atom. The predicted octanol–water partition coefficient (Wildman–Crippen LogP) is 5.66. The maximum atomic E-state index is 2.68. The summed E-state index contributed by atoms with van der Waals surface area (Å²) in [5.74, 6) is 1.95. The van der Waals surface area contributed by atoms with E-state index in [9.17, 15) is 0 Å². The first-order valence-electron chi connectivity index (χ1n) is 9.42. The Hall–Kier alpha value is -1.57. The second-order valence-corrected chi connectivity index (χ2v) is 7.44. The zero-order chi connectivity index (χ0) is 16.2. The standard InChI is InChI=1S/C23H27N.ClH/c1-3-7-21(8-4-1)23(22-9-5-2-6-10-22)14-16-24-15-13-19-11-12-20(17-19)18-24;/h1-10,14,19-20H,11-13,15-18H2;1H. The minimum Gasteiger partial charge on any atom is -0.299 e. The molecule has 2 bridgehead atoms. The minimum atomic E-state index is 0. The number of likely N-dealkylation sites (tertiary alicyclic amines) is 1. The topological polar surface area (TPSA) is 3.24 Å². The van der Waals surface area contributed by atoms with E-state index in [-0.39, 0.29) is 12.4 Å². The van der Waals surface area contributed by atoms with Crippen LogP contribution in [0, 0.1) is 11.8 Å². The van der Waals surface area contributed by atoms with Crippen LogP contribution in [0.25, 0.3) is 5.57 Å². The quantitative estimate of drug-likeness (QED) is 0.685. The number of nitrogens with zero attached hydrogens (tertiary/aromatic N) is 1. The van der Waals surface area contributed by atoms with Crippen LogP contribution in [0.4, 0.5) is 0 Å². The van der Waals surface area contributed by atoms with Gasteiger partial charge in [0.1, 0.15) is 0 Å². The van der Waals surface area contributed by atoms with E-state index in [0.717, 1.165) is 18.4 Å². The van der Waals surface area contributed by atoms with Gasteiger partial charge in [-0.1, -0.05) is 73.2 Å². The molecule has 1 aliphatic carbocycles. The molecule has 1 heterocycles. The maximum Gasteiger partial charge on any atom is 0.0172 e. The average molecular weight is 354 g/mol. The monoisotopic (exact) mass is 353 g/mol. The van der Waals surface area contributed by atoms with Gasteiger partial charge in [-0.15, -0.1) is 12.4 Å². The van der Waals surface area contributed by atoms with Crippen molar-refractivity contribution in [2.45, 2.75) is 25.7 Å². The third-order valence-electron chi connectivity index (χ3n) is 5.74. The summed E-state index contributed by atoms with van der Waals surface area (Å²) < 4.78 is 0. The fourth-order valence-corrected chi connectivity index (χ4v) is 4.45. The summed E-state index contributed by atoms with van der Waals surface area (Å²) >= 11 is 0. The second kappa shape index (κ2) is 8.69. The molecule has 1 nitrogen and oxygen atoms in total. The molecule has 132 valence electrons. The summed E-state index contributed by atoms with van der Waals surface area (Å²) in [6, 6.07) is 21.6. The molecule has 2 aliphatic rings. The first-order valence-corrected chi connectivity index (χ1v) is 9.42. The molecular formula is C23H28ClN. The fourth-order valence-electron chi connectivity index (χ4n) is 4.45. The molecule has 1 saturated carbocycles. The van der Waals surface area contributed by atoms with Gasteiger partial charge in [0.15, 0.2) is 0 Å². The number of hydrogen-bond donors (Lipinski definition) is 0. The van der Waals surface area contributed by atoms with Crippen LogP contribution in [0.3, 0.4) is 0 Å². The van der Waals surface area contributed by atoms with E-state index in [1.54, 1.807) is 0 Å². The third-order valence-corrected chi connectivity index (χ3v) is 5.74. The molecule has 2 fully saturated rings. The van der Waals surface area contributed by atoms with Crippen LogP contribution < -0.4 is 0 Å². The first-order chi connectivity index (χ1) is 11.9. The highest BCUT2D eigenvalue weighted by Crippen LogP contribution is 2.36. The van der Waals surface area contributed by atoms with Gasteiger partial charge in [0.25, 0.3) is 0 Å². The molecule has 0 N–H and O–H groups in total. The molecule has 2 aromatic rings. The molecular weight excluding hydrogens is 326 g/mol. The third kappa shape index (κ3) is 4.54. The summed E-state index contributed by atoms with van der Waals surface area (Å²) in [7, 11) is 0. The van der Waals surface area contributed by atoms with Crippen molar-refractivity contribution in [3.63, 3.8) is 0 Å². The van der Waals surface area contributed by atoms with Crippen LogP contribution in [0.2, 0.25) is 0 Å². The zero-order valence-electron chi connectivity index (χ0n) is 14.8. The van der Waals surface area contributed by atoms with Crippen LogP contribution in [-0.4, -0.2) is 24.5 Å². The molecule has 0 aromatic heterocycles. The molecule has 0 spiro atoms. The molecule has 0 radical (unpaired) electrons. The molecule has 1 saturated heterocycles. The van der Waals surface area contributed by atoms with E-state index < -0.39 is 0 Å². The van der Waals surface area contributed by atoms with Gasteiger partial charge in [0.05, 0.1) is 0 Å². The predicted molar refractivity (Wildman–Crippen MR) is 109 cm³/mol. The Kier molecular flexibility index (Phi) is 6.34. The van der Waals surface area contributed by atoms with Crippen LogP contribution in [0.1, 0.15) is 36.8 Å². The maximum absolute atomic E-state index is 2.68. The van der Waals surface area contributed by atoms with E-state index >= 15 is 0 Å². The number of fused-ring (bicyclic) bond motifs is 2. The van der Waals surface area contributed by atoms with Gasteiger partial charge < -0.3 is 0 Å². The Labute approximate surface area is 158 Å². The summed E-state index contributed by atoms with van der Waals surface area (Å²) in [5.41, 5.74) is 4.01. The normalized spacial score (nSPS) is 22.7. The molecule has 1 aliphatic heterocycles. The van der Waals surface area contributed by atoms with Crippen LogP contribution >= 0.6 is 12.4 Å². The molecule has 2 atom stereocenters. The first kappa shape index (κ1) is 18.2. The molecule has 25 heavy (non-hydrogen) atoms. The lowest BCUT2D eigenvalue weighted by atomic mass is 9.97. The van der Waals surface area contributed by atoms with Crippen molar-refractivity contribution < 1.29 is 0 Å². The Balaban J connectivity index is 0.00000182. The van der Waals surface area contributed by atoms with E-state index in [0.29, 0.717) is 0 Å². The number of rotatable bonds is 4. The lowest BCUT2D eigenvalue weighted by molar-refractivity contribution is 0.260. The summed E-state index contributed by atoms with van der Waals surface area (Å²) in [6.45, 7) is 3.64. The summed E-state index contributed by atoms with van der Waals surface area (Å²) in [5, 5.41) is 0. The zero-order valence-corrected chi connectivity index (χ0v) is 15.6. The second-order valence-electron chi connectivity index (χ2n) is 7.44. The van der Waals surface area contributed by atoms with Gasteiger partial charge in [-0.25, -0.2) is 0 Å². The lowest BCUT2D eigenvalue weighted by Gasteiger charge is -2.23. The average Bonchev–Trinajstić information content (AvgIpc) is 2.98. The molecule has 2 heteroatoms. The van der Waals surface area contributed by atoms with E-state index in [1.807, 2.05) is 0 Å². The van der Waals surface area contributed by atoms with E-state index in [4.69, 9.17) is 0 Å². The Morgan fingerprint density at radius 2 is 1.44 bits per heavy atom. The van der Waals surface area contributed by atoms with Crippen molar-refractivity contribution in [3.05, 3.63) is 77.9 Å². The minimum absolute atomic E-state index is 0. The van der Waals surface area contributed by atoms with Crippen molar-refractivity contribution in [1.82, 2.24) is 4.90 Å². The van der Waals surface area contributed by atoms with E-state index in [2.05, 4.69) is 71.6 Å². The SMILES string of the molecule is C(CN1CCC2CCC(C2)C1)=C(c1ccccc1)c1ccccc1.Cl. The smallest absolute Gasteiger partial charge is 0.0172 e. The van der Waals surface area contributed by atoms with Gasteiger partial charge in [-0.2, -0.15) is 0 Å². The highest BCUT2D eigenvalue weighted by atomic mass is 35.5. The number of halogens is 1. The molecule has 2 unspecified atom stereocenters. The van der Waals surface area contributed by atoms with Gasteiger partial charge in [0.2, 0.25) is 0 Å². The lowest BCUT2D eigenvalue weighted by Crippen LogP contribution is -2.29. The Bertz CT molecular complexity index is 638. The van der Waals surface area contributed by atoms with Gasteiger partial charge >= 0.3 is 0 Å². The van der Waals surface area contributed by atoms with Crippen molar-refractivity contribution >= 4 is 18.0 Å².